The summed E-state index contributed by atoms with van der Waals surface area (Å²) in [7, 11) is 0. The van der Waals surface area contributed by atoms with Gasteiger partial charge in [0, 0.05) is 11.1 Å². The predicted octanol–water partition coefficient (Wildman–Crippen LogP) is 5.46. The molecule has 0 heterocycles. The molecule has 26 heavy (non-hydrogen) atoms. The zero-order chi connectivity index (χ0) is 17.9. The Morgan fingerprint density at radius 1 is 0.538 bits per heavy atom. The lowest BCUT2D eigenvalue weighted by Crippen LogP contribution is -1.91. The summed E-state index contributed by atoms with van der Waals surface area (Å²) >= 11 is 0. The molecule has 2 heteroatoms. The van der Waals surface area contributed by atoms with Crippen LogP contribution in [0.25, 0.3) is 16.7 Å². The first kappa shape index (κ1) is 15.6. The molecular weight excluding hydrogens is 316 g/mol. The Morgan fingerprint density at radius 2 is 1.00 bits per heavy atom. The van der Waals surface area contributed by atoms with Crippen molar-refractivity contribution in [3.05, 3.63) is 113 Å². The molecule has 4 rings (SSSR count). The molecule has 0 fully saturated rings. The molecule has 0 saturated heterocycles. The molecule has 0 spiro atoms. The zero-order valence-electron chi connectivity index (χ0n) is 14.0. The first-order chi connectivity index (χ1) is 12.8. The third-order valence-electron chi connectivity index (χ3n) is 4.56. The summed E-state index contributed by atoms with van der Waals surface area (Å²) in [6.07, 6.45) is 0. The van der Waals surface area contributed by atoms with Crippen molar-refractivity contribution in [1.29, 1.82) is 10.5 Å². The highest BCUT2D eigenvalue weighted by Gasteiger charge is 2.30. The molecule has 0 aromatic heterocycles. The second-order valence-electron chi connectivity index (χ2n) is 6.00. The Hall–Kier alpha value is -3.88. The lowest BCUT2D eigenvalue weighted by atomic mass is 9.91. The van der Waals surface area contributed by atoms with Crippen LogP contribution in [0.5, 0.6) is 0 Å². The fraction of sp³-hybridized carbons (Fsp3) is 0. The third kappa shape index (κ3) is 2.42. The molecule has 0 saturated carbocycles. The van der Waals surface area contributed by atoms with E-state index in [1.807, 2.05) is 66.7 Å². The summed E-state index contributed by atoms with van der Waals surface area (Å²) in [5, 5.41) is 19.2. The Morgan fingerprint density at radius 3 is 1.54 bits per heavy atom. The van der Waals surface area contributed by atoms with Crippen molar-refractivity contribution >= 4 is 16.7 Å². The van der Waals surface area contributed by atoms with Gasteiger partial charge in [-0.25, -0.2) is 0 Å². The van der Waals surface area contributed by atoms with Gasteiger partial charge in [-0.15, -0.1) is 0 Å². The lowest BCUT2D eigenvalue weighted by molar-refractivity contribution is 1.46. The first-order valence-corrected chi connectivity index (χ1v) is 8.35. The van der Waals surface area contributed by atoms with Gasteiger partial charge in [0.05, 0.1) is 0 Å². The minimum atomic E-state index is 0.141. The van der Waals surface area contributed by atoms with E-state index in [9.17, 15) is 10.5 Å². The van der Waals surface area contributed by atoms with E-state index < -0.39 is 0 Å². The van der Waals surface area contributed by atoms with E-state index in [0.29, 0.717) is 0 Å². The van der Waals surface area contributed by atoms with Crippen molar-refractivity contribution in [3.8, 4) is 12.1 Å². The highest BCUT2D eigenvalue weighted by molar-refractivity contribution is 6.25. The van der Waals surface area contributed by atoms with Crippen molar-refractivity contribution in [2.24, 2.45) is 0 Å². The second-order valence-corrected chi connectivity index (χ2v) is 6.00. The Bertz CT molecular complexity index is 1110. The van der Waals surface area contributed by atoms with Gasteiger partial charge >= 0.3 is 0 Å². The first-order valence-electron chi connectivity index (χ1n) is 8.35. The van der Waals surface area contributed by atoms with Gasteiger partial charge in [0.1, 0.15) is 17.7 Å². The Balaban J connectivity index is 2.17. The van der Waals surface area contributed by atoms with Crippen LogP contribution in [0.2, 0.25) is 0 Å². The van der Waals surface area contributed by atoms with Gasteiger partial charge in [0.25, 0.3) is 0 Å². The molecular formula is C24H14N2. The van der Waals surface area contributed by atoms with Crippen LogP contribution >= 0.6 is 0 Å². The standard InChI is InChI=1S/C24H14N2/c25-15-19(16-26)23-21-14-8-7-13-20(21)22(17-9-3-1-4-10-17)24(23)18-11-5-2-6-12-18/h1-14H. The van der Waals surface area contributed by atoms with Crippen molar-refractivity contribution in [2.75, 3.05) is 0 Å². The van der Waals surface area contributed by atoms with E-state index in [0.717, 1.165) is 39.0 Å². The summed E-state index contributed by atoms with van der Waals surface area (Å²) in [5.41, 5.74) is 6.92. The summed E-state index contributed by atoms with van der Waals surface area (Å²) in [6, 6.07) is 32.3. The topological polar surface area (TPSA) is 47.6 Å². The van der Waals surface area contributed by atoms with Crippen molar-refractivity contribution in [1.82, 2.24) is 0 Å². The van der Waals surface area contributed by atoms with Crippen LogP contribution in [0.15, 0.2) is 90.5 Å². The van der Waals surface area contributed by atoms with Crippen LogP contribution in [0, 0.1) is 22.7 Å². The lowest BCUT2D eigenvalue weighted by Gasteiger charge is -2.10. The number of benzene rings is 3. The summed E-state index contributed by atoms with van der Waals surface area (Å²) in [4.78, 5) is 0. The monoisotopic (exact) mass is 330 g/mol. The van der Waals surface area contributed by atoms with E-state index >= 15 is 0 Å². The van der Waals surface area contributed by atoms with E-state index in [-0.39, 0.29) is 5.57 Å². The highest BCUT2D eigenvalue weighted by Crippen LogP contribution is 2.50. The van der Waals surface area contributed by atoms with Gasteiger partial charge in [-0.3, -0.25) is 0 Å². The van der Waals surface area contributed by atoms with Crippen LogP contribution in [-0.2, 0) is 0 Å². The number of allylic oxidation sites excluding steroid dienone is 3. The molecule has 0 radical (unpaired) electrons. The molecule has 0 atom stereocenters. The quantitative estimate of drug-likeness (QED) is 0.586. The molecule has 2 nitrogen and oxygen atoms in total. The highest BCUT2D eigenvalue weighted by atomic mass is 14.4. The van der Waals surface area contributed by atoms with Crippen LogP contribution in [-0.4, -0.2) is 0 Å². The molecule has 0 bridgehead atoms. The maximum Gasteiger partial charge on any atom is 0.138 e. The smallest absolute Gasteiger partial charge is 0.138 e. The average molecular weight is 330 g/mol. The van der Waals surface area contributed by atoms with Gasteiger partial charge < -0.3 is 0 Å². The van der Waals surface area contributed by atoms with E-state index in [2.05, 4.69) is 30.3 Å². The molecule has 3 aromatic carbocycles. The Kier molecular flexibility index (Phi) is 3.94. The summed E-state index contributed by atoms with van der Waals surface area (Å²) in [6.45, 7) is 0. The fourth-order valence-electron chi connectivity index (χ4n) is 3.51. The van der Waals surface area contributed by atoms with Gasteiger partial charge in [-0.1, -0.05) is 84.9 Å². The molecule has 1 aliphatic rings. The fourth-order valence-corrected chi connectivity index (χ4v) is 3.51. The number of nitrogens with zero attached hydrogens (tertiary/aromatic N) is 2. The Labute approximate surface area is 152 Å². The minimum Gasteiger partial charge on any atom is -0.192 e. The van der Waals surface area contributed by atoms with Crippen molar-refractivity contribution in [3.63, 3.8) is 0 Å². The van der Waals surface area contributed by atoms with Gasteiger partial charge in [-0.2, -0.15) is 10.5 Å². The molecule has 0 unspecified atom stereocenters. The number of fused-ring (bicyclic) bond motifs is 1. The van der Waals surface area contributed by atoms with Gasteiger partial charge in [0.15, 0.2) is 0 Å². The van der Waals surface area contributed by atoms with E-state index in [1.54, 1.807) is 0 Å². The van der Waals surface area contributed by atoms with Gasteiger partial charge in [0.2, 0.25) is 0 Å². The molecule has 0 amide bonds. The number of rotatable bonds is 2. The van der Waals surface area contributed by atoms with Gasteiger partial charge in [-0.05, 0) is 27.8 Å². The second kappa shape index (κ2) is 6.55. The van der Waals surface area contributed by atoms with Crippen LogP contribution in [0.4, 0.5) is 0 Å². The van der Waals surface area contributed by atoms with E-state index in [1.165, 1.54) is 0 Å². The normalized spacial score (nSPS) is 12.3. The molecule has 1 aliphatic carbocycles. The number of hydrogen-bond acceptors (Lipinski definition) is 2. The van der Waals surface area contributed by atoms with Crippen molar-refractivity contribution < 1.29 is 0 Å². The van der Waals surface area contributed by atoms with Crippen LogP contribution in [0.3, 0.4) is 0 Å². The SMILES string of the molecule is N#CC(C#N)=C1C(c2ccccc2)=C(c2ccccc2)c2ccccc21. The predicted molar refractivity (Wildman–Crippen MR) is 103 cm³/mol. The number of nitriles is 2. The third-order valence-corrected chi connectivity index (χ3v) is 4.56. The maximum atomic E-state index is 9.58. The molecule has 0 aliphatic heterocycles. The summed E-state index contributed by atoms with van der Waals surface area (Å²) < 4.78 is 0. The molecule has 3 aromatic rings. The van der Waals surface area contributed by atoms with Crippen LogP contribution < -0.4 is 0 Å². The minimum absolute atomic E-state index is 0.141. The number of hydrogen-bond donors (Lipinski definition) is 0. The maximum absolute atomic E-state index is 9.58. The summed E-state index contributed by atoms with van der Waals surface area (Å²) in [5.74, 6) is 0. The van der Waals surface area contributed by atoms with Crippen molar-refractivity contribution in [2.45, 2.75) is 0 Å². The molecule has 0 N–H and O–H groups in total. The zero-order valence-corrected chi connectivity index (χ0v) is 14.0. The molecule has 120 valence electrons. The van der Waals surface area contributed by atoms with E-state index in [4.69, 9.17) is 0 Å². The van der Waals surface area contributed by atoms with Crippen LogP contribution in [0.1, 0.15) is 22.3 Å². The average Bonchev–Trinajstić information content (AvgIpc) is 3.06. The largest absolute Gasteiger partial charge is 0.192 e.